The first-order valence-electron chi connectivity index (χ1n) is 2.14. The number of halogens is 3. The summed E-state index contributed by atoms with van der Waals surface area (Å²) in [6.45, 7) is 0. The Morgan fingerprint density at radius 2 is 1.27 bits per heavy atom. The van der Waals surface area contributed by atoms with E-state index in [-0.39, 0.29) is 0 Å². The molecule has 0 aliphatic carbocycles. The quantitative estimate of drug-likeness (QED) is 0.692. The third-order valence-electron chi connectivity index (χ3n) is 0.408. The van der Waals surface area contributed by atoms with Gasteiger partial charge in [-0.05, 0) is 0 Å². The average Bonchev–Trinajstić information content (AvgIpc) is 1.87. The Kier molecular flexibility index (Phi) is 9.59. The van der Waals surface area contributed by atoms with Crippen molar-refractivity contribution in [2.24, 2.45) is 0 Å². The van der Waals surface area contributed by atoms with Gasteiger partial charge in [0, 0.05) is 0 Å². The number of hydrogen-bond donors (Lipinski definition) is 0. The monoisotopic (exact) mass is 244 g/mol. The molecule has 0 heterocycles. The molecule has 0 amide bonds. The lowest BCUT2D eigenvalue weighted by Gasteiger charge is -1.91. The fraction of sp³-hybridized carbons (Fsp3) is 1.00. The SMILES string of the molecule is COS(=O)(=O)OC.ClC(Cl)Cl. The van der Waals surface area contributed by atoms with Crippen LogP contribution in [-0.4, -0.2) is 26.9 Å². The normalized spacial score (nSPS) is 10.7. The largest absolute Gasteiger partial charge is 0.399 e. The lowest BCUT2D eigenvalue weighted by molar-refractivity contribution is 0.286. The van der Waals surface area contributed by atoms with Crippen molar-refractivity contribution >= 4 is 45.2 Å². The summed E-state index contributed by atoms with van der Waals surface area (Å²) in [5, 5.41) is 0. The second-order valence-corrected chi connectivity index (χ2v) is 4.45. The highest BCUT2D eigenvalue weighted by molar-refractivity contribution is 7.81. The summed E-state index contributed by atoms with van der Waals surface area (Å²) in [6, 6.07) is 0. The molecule has 0 spiro atoms. The maximum atomic E-state index is 9.92. The highest BCUT2D eigenvalue weighted by Crippen LogP contribution is 2.03. The third kappa shape index (κ3) is 18.1. The fourth-order valence-electron chi connectivity index (χ4n) is 0.0680. The lowest BCUT2D eigenvalue weighted by atomic mass is 11.8. The predicted molar refractivity (Wildman–Crippen MR) is 44.3 cm³/mol. The van der Waals surface area contributed by atoms with Gasteiger partial charge in [-0.2, -0.15) is 8.42 Å². The van der Waals surface area contributed by atoms with Crippen LogP contribution in [0.5, 0.6) is 0 Å². The van der Waals surface area contributed by atoms with Gasteiger partial charge in [0.05, 0.1) is 14.2 Å². The van der Waals surface area contributed by atoms with E-state index in [1.807, 2.05) is 0 Å². The molecule has 0 aliphatic rings. The smallest absolute Gasteiger partial charge is 0.252 e. The molecule has 0 aromatic rings. The van der Waals surface area contributed by atoms with Gasteiger partial charge in [-0.25, -0.2) is 0 Å². The van der Waals surface area contributed by atoms with Crippen molar-refractivity contribution in [3.8, 4) is 0 Å². The summed E-state index contributed by atoms with van der Waals surface area (Å²) in [5.74, 6) is 0. The van der Waals surface area contributed by atoms with Gasteiger partial charge < -0.3 is 0 Å². The van der Waals surface area contributed by atoms with Gasteiger partial charge >= 0.3 is 10.4 Å². The molecule has 0 unspecified atom stereocenters. The molecule has 0 aromatic heterocycles. The molecular formula is C3H7Cl3O4S. The minimum atomic E-state index is -3.66. The first kappa shape index (κ1) is 14.3. The summed E-state index contributed by atoms with van der Waals surface area (Å²) in [4.78, 5) is 0. The Hall–Kier alpha value is 0.740. The zero-order valence-corrected chi connectivity index (χ0v) is 8.84. The van der Waals surface area contributed by atoms with E-state index in [9.17, 15) is 8.42 Å². The zero-order chi connectivity index (χ0) is 9.49. The van der Waals surface area contributed by atoms with Crippen LogP contribution in [0, 0.1) is 0 Å². The van der Waals surface area contributed by atoms with E-state index in [4.69, 9.17) is 34.8 Å². The van der Waals surface area contributed by atoms with Crippen molar-refractivity contribution in [2.75, 3.05) is 14.2 Å². The summed E-state index contributed by atoms with van der Waals surface area (Å²) in [7, 11) is -1.60. The van der Waals surface area contributed by atoms with Crippen LogP contribution >= 0.6 is 34.8 Å². The van der Waals surface area contributed by atoms with Crippen LogP contribution in [-0.2, 0) is 18.8 Å². The molecule has 11 heavy (non-hydrogen) atoms. The van der Waals surface area contributed by atoms with E-state index in [1.54, 1.807) is 0 Å². The van der Waals surface area contributed by atoms with Crippen LogP contribution in [0.4, 0.5) is 0 Å². The highest BCUT2D eigenvalue weighted by atomic mass is 35.6. The molecule has 0 atom stereocenters. The van der Waals surface area contributed by atoms with Gasteiger partial charge in [0.25, 0.3) is 0 Å². The molecule has 0 saturated heterocycles. The van der Waals surface area contributed by atoms with Crippen molar-refractivity contribution in [1.82, 2.24) is 0 Å². The Labute approximate surface area is 80.7 Å². The van der Waals surface area contributed by atoms with E-state index in [2.05, 4.69) is 8.37 Å². The Balaban J connectivity index is 0. The van der Waals surface area contributed by atoms with Crippen LogP contribution in [0.2, 0.25) is 0 Å². The Morgan fingerprint density at radius 3 is 1.27 bits per heavy atom. The van der Waals surface area contributed by atoms with Crippen molar-refractivity contribution in [2.45, 2.75) is 4.30 Å². The van der Waals surface area contributed by atoms with Gasteiger partial charge in [0.2, 0.25) is 0 Å². The van der Waals surface area contributed by atoms with Crippen molar-refractivity contribution in [3.63, 3.8) is 0 Å². The van der Waals surface area contributed by atoms with E-state index in [0.29, 0.717) is 0 Å². The topological polar surface area (TPSA) is 52.6 Å². The first-order valence-corrected chi connectivity index (χ1v) is 4.78. The molecule has 8 heteroatoms. The molecular weight excluding hydrogens is 238 g/mol. The van der Waals surface area contributed by atoms with Crippen LogP contribution in [0.1, 0.15) is 0 Å². The van der Waals surface area contributed by atoms with E-state index in [1.165, 1.54) is 0 Å². The van der Waals surface area contributed by atoms with E-state index < -0.39 is 14.7 Å². The molecule has 0 aliphatic heterocycles. The summed E-state index contributed by atoms with van der Waals surface area (Å²) < 4.78 is 26.8. The highest BCUT2D eigenvalue weighted by Gasteiger charge is 2.01. The summed E-state index contributed by atoms with van der Waals surface area (Å²) >= 11 is 14.4. The van der Waals surface area contributed by atoms with Crippen molar-refractivity contribution in [3.05, 3.63) is 0 Å². The van der Waals surface area contributed by atoms with Gasteiger partial charge in [-0.3, -0.25) is 8.37 Å². The molecule has 0 radical (unpaired) electrons. The summed E-state index contributed by atoms with van der Waals surface area (Å²) in [5.41, 5.74) is 0. The number of rotatable bonds is 2. The molecule has 0 aromatic carbocycles. The lowest BCUT2D eigenvalue weighted by Crippen LogP contribution is -2.02. The second kappa shape index (κ2) is 7.39. The van der Waals surface area contributed by atoms with Gasteiger partial charge in [0.1, 0.15) is 0 Å². The molecule has 0 N–H and O–H groups in total. The summed E-state index contributed by atoms with van der Waals surface area (Å²) in [6.07, 6.45) is 0. The zero-order valence-electron chi connectivity index (χ0n) is 5.75. The Bertz CT molecular complexity index is 153. The van der Waals surface area contributed by atoms with Gasteiger partial charge in [-0.1, -0.05) is 34.8 Å². The van der Waals surface area contributed by atoms with Gasteiger partial charge in [-0.15, -0.1) is 0 Å². The standard InChI is InChI=1S/C2H6O4S.CHCl3/c1-5-7(3,4)6-2;2-1(3)4/h1-2H3;1H. The van der Waals surface area contributed by atoms with Crippen LogP contribution < -0.4 is 0 Å². The van der Waals surface area contributed by atoms with Crippen LogP contribution in [0.15, 0.2) is 0 Å². The minimum Gasteiger partial charge on any atom is -0.252 e. The molecule has 70 valence electrons. The molecule has 4 nitrogen and oxygen atoms in total. The van der Waals surface area contributed by atoms with E-state index >= 15 is 0 Å². The fourth-order valence-corrected chi connectivity index (χ4v) is 0.204. The molecule has 0 saturated carbocycles. The van der Waals surface area contributed by atoms with Crippen LogP contribution in [0.25, 0.3) is 0 Å². The Morgan fingerprint density at radius 1 is 1.09 bits per heavy atom. The minimum absolute atomic E-state index is 0.750. The maximum absolute atomic E-state index is 9.92. The number of hydrogen-bond acceptors (Lipinski definition) is 4. The van der Waals surface area contributed by atoms with Crippen LogP contribution in [0.3, 0.4) is 0 Å². The second-order valence-electron chi connectivity index (χ2n) is 0.989. The maximum Gasteiger partial charge on any atom is 0.399 e. The van der Waals surface area contributed by atoms with Crippen molar-refractivity contribution in [1.29, 1.82) is 0 Å². The number of alkyl halides is 3. The van der Waals surface area contributed by atoms with Gasteiger partial charge in [0.15, 0.2) is 4.30 Å². The average molecular weight is 246 g/mol. The predicted octanol–water partition coefficient (Wildman–Crippen LogP) is 1.51. The molecule has 0 fully saturated rings. The van der Waals surface area contributed by atoms with E-state index in [0.717, 1.165) is 14.2 Å². The molecule has 0 bridgehead atoms. The first-order chi connectivity index (χ1) is 4.85. The van der Waals surface area contributed by atoms with Crippen molar-refractivity contribution < 1.29 is 16.8 Å². The third-order valence-corrected chi connectivity index (χ3v) is 1.22. The molecule has 0 rings (SSSR count).